The fourth-order valence-electron chi connectivity index (χ4n) is 3.46. The third-order valence-corrected chi connectivity index (χ3v) is 7.38. The molecule has 1 amide bonds. The largest absolute Gasteiger partial charge is 0.340 e. The van der Waals surface area contributed by atoms with E-state index in [1.807, 2.05) is 12.1 Å². The summed E-state index contributed by atoms with van der Waals surface area (Å²) in [5, 5.41) is -0.453. The molecule has 0 bridgehead atoms. The second-order valence-corrected chi connectivity index (χ2v) is 9.14. The van der Waals surface area contributed by atoms with E-state index in [4.69, 9.17) is 0 Å². The first-order valence-electron chi connectivity index (χ1n) is 8.61. The molecule has 3 rings (SSSR count). The fraction of sp³-hybridized carbons (Fsp3) is 0.647. The van der Waals surface area contributed by atoms with Crippen LogP contribution in [0, 0.1) is 5.92 Å². The Morgan fingerprint density at radius 2 is 1.88 bits per heavy atom. The van der Waals surface area contributed by atoms with Crippen molar-refractivity contribution >= 4 is 15.9 Å². The van der Waals surface area contributed by atoms with Gasteiger partial charge in [-0.2, -0.15) is 0 Å². The first-order valence-corrected chi connectivity index (χ1v) is 10.1. The number of aromatic nitrogens is 1. The molecule has 1 aliphatic heterocycles. The van der Waals surface area contributed by atoms with Crippen molar-refractivity contribution in [1.29, 1.82) is 0 Å². The lowest BCUT2D eigenvalue weighted by molar-refractivity contribution is -0.138. The third kappa shape index (κ3) is 3.62. The van der Waals surface area contributed by atoms with Crippen LogP contribution in [0.1, 0.15) is 31.2 Å². The average Bonchev–Trinajstić information content (AvgIpc) is 3.06. The summed E-state index contributed by atoms with van der Waals surface area (Å²) in [5.74, 6) is 0.275. The zero-order valence-corrected chi connectivity index (χ0v) is 14.9. The summed E-state index contributed by atoms with van der Waals surface area (Å²) in [6.07, 6.45) is 8.23. The van der Waals surface area contributed by atoms with Gasteiger partial charge in [0, 0.05) is 45.0 Å². The first-order chi connectivity index (χ1) is 11.5. The molecule has 0 atom stereocenters. The number of hydrogen-bond donors (Lipinski definition) is 0. The van der Waals surface area contributed by atoms with Gasteiger partial charge < -0.3 is 4.90 Å². The highest BCUT2D eigenvalue weighted by Crippen LogP contribution is 2.29. The molecular weight excluding hydrogens is 326 g/mol. The molecule has 1 aromatic rings. The van der Waals surface area contributed by atoms with Crippen LogP contribution in [0.25, 0.3) is 0 Å². The van der Waals surface area contributed by atoms with E-state index in [-0.39, 0.29) is 11.8 Å². The molecule has 0 aromatic carbocycles. The SMILES string of the molecule is CN(CCc1ccncc1)S(=O)(=O)C1CN(C(=O)C2CCCC2)C1. The Kier molecular flexibility index (Phi) is 5.20. The van der Waals surface area contributed by atoms with Gasteiger partial charge in [0.25, 0.3) is 0 Å². The Bertz CT molecular complexity index is 666. The number of carbonyl (C=O) groups is 1. The molecule has 0 N–H and O–H groups in total. The van der Waals surface area contributed by atoms with E-state index in [9.17, 15) is 13.2 Å². The third-order valence-electron chi connectivity index (χ3n) is 5.18. The molecule has 2 fully saturated rings. The van der Waals surface area contributed by atoms with Crippen LogP contribution in [-0.2, 0) is 21.2 Å². The monoisotopic (exact) mass is 351 g/mol. The highest BCUT2D eigenvalue weighted by atomic mass is 32.2. The topological polar surface area (TPSA) is 70.6 Å². The summed E-state index contributed by atoms with van der Waals surface area (Å²) in [6.45, 7) is 1.13. The standard InChI is InChI=1S/C17H25N3O3S/c1-19(11-8-14-6-9-18-10-7-14)24(22,23)16-12-20(13-16)17(21)15-4-2-3-5-15/h6-7,9-10,15-16H,2-5,8,11-13H2,1H3. The van der Waals surface area contributed by atoms with Crippen LogP contribution in [0.5, 0.6) is 0 Å². The van der Waals surface area contributed by atoms with Crippen LogP contribution in [-0.4, -0.2) is 60.4 Å². The van der Waals surface area contributed by atoms with E-state index in [0.29, 0.717) is 26.1 Å². The number of hydrogen-bond acceptors (Lipinski definition) is 4. The van der Waals surface area contributed by atoms with Gasteiger partial charge in [0.15, 0.2) is 0 Å². The molecule has 6 nitrogen and oxygen atoms in total. The maximum absolute atomic E-state index is 12.6. The number of rotatable bonds is 6. The summed E-state index contributed by atoms with van der Waals surface area (Å²) in [5.41, 5.74) is 1.07. The summed E-state index contributed by atoms with van der Waals surface area (Å²) < 4.78 is 26.6. The van der Waals surface area contributed by atoms with Crippen molar-refractivity contribution in [2.75, 3.05) is 26.7 Å². The highest BCUT2D eigenvalue weighted by Gasteiger charge is 2.43. The van der Waals surface area contributed by atoms with Gasteiger partial charge in [0.1, 0.15) is 5.25 Å². The Hall–Kier alpha value is -1.47. The van der Waals surface area contributed by atoms with Gasteiger partial charge in [-0.15, -0.1) is 0 Å². The second-order valence-electron chi connectivity index (χ2n) is 6.82. The molecule has 0 unspecified atom stereocenters. The van der Waals surface area contributed by atoms with Crippen molar-refractivity contribution in [1.82, 2.24) is 14.2 Å². The lowest BCUT2D eigenvalue weighted by atomic mass is 10.0. The molecule has 1 aromatic heterocycles. The van der Waals surface area contributed by atoms with E-state index < -0.39 is 15.3 Å². The fourth-order valence-corrected chi connectivity index (χ4v) is 5.05. The Morgan fingerprint density at radius 3 is 2.50 bits per heavy atom. The maximum Gasteiger partial charge on any atom is 0.225 e. The van der Waals surface area contributed by atoms with Crippen molar-refractivity contribution in [3.05, 3.63) is 30.1 Å². The molecule has 0 radical (unpaired) electrons. The van der Waals surface area contributed by atoms with Crippen molar-refractivity contribution in [3.8, 4) is 0 Å². The predicted molar refractivity (Wildman–Crippen MR) is 91.8 cm³/mol. The highest BCUT2D eigenvalue weighted by molar-refractivity contribution is 7.89. The molecule has 0 spiro atoms. The molecule has 1 saturated heterocycles. The van der Waals surface area contributed by atoms with Crippen LogP contribution in [0.2, 0.25) is 0 Å². The lowest BCUT2D eigenvalue weighted by Gasteiger charge is -2.41. The summed E-state index contributed by atoms with van der Waals surface area (Å²) >= 11 is 0. The normalized spacial score (nSPS) is 19.7. The van der Waals surface area contributed by atoms with Crippen molar-refractivity contribution in [2.45, 2.75) is 37.4 Å². The number of sulfonamides is 1. The summed E-state index contributed by atoms with van der Waals surface area (Å²) in [4.78, 5) is 18.0. The predicted octanol–water partition coefficient (Wildman–Crippen LogP) is 1.29. The van der Waals surface area contributed by atoms with E-state index in [1.54, 1.807) is 24.3 Å². The molecule has 1 aliphatic carbocycles. The number of likely N-dealkylation sites (tertiary alicyclic amines) is 1. The van der Waals surface area contributed by atoms with Gasteiger partial charge in [-0.1, -0.05) is 12.8 Å². The Morgan fingerprint density at radius 1 is 1.25 bits per heavy atom. The number of amides is 1. The zero-order chi connectivity index (χ0) is 17.2. The molecule has 2 aliphatic rings. The van der Waals surface area contributed by atoms with E-state index >= 15 is 0 Å². The number of carbonyl (C=O) groups excluding carboxylic acids is 1. The zero-order valence-electron chi connectivity index (χ0n) is 14.1. The van der Waals surface area contributed by atoms with Crippen LogP contribution in [0.15, 0.2) is 24.5 Å². The van der Waals surface area contributed by atoms with Crippen LogP contribution < -0.4 is 0 Å². The minimum Gasteiger partial charge on any atom is -0.340 e. The number of nitrogens with zero attached hydrogens (tertiary/aromatic N) is 3. The van der Waals surface area contributed by atoms with E-state index in [0.717, 1.165) is 31.2 Å². The van der Waals surface area contributed by atoms with Crippen molar-refractivity contribution in [3.63, 3.8) is 0 Å². The Balaban J connectivity index is 1.50. The van der Waals surface area contributed by atoms with E-state index in [2.05, 4.69) is 4.98 Å². The van der Waals surface area contributed by atoms with Gasteiger partial charge in [0.05, 0.1) is 0 Å². The number of likely N-dealkylation sites (N-methyl/N-ethyl adjacent to an activating group) is 1. The minimum atomic E-state index is -3.34. The molecule has 1 saturated carbocycles. The minimum absolute atomic E-state index is 0.123. The van der Waals surface area contributed by atoms with Gasteiger partial charge in [-0.05, 0) is 37.0 Å². The van der Waals surface area contributed by atoms with Gasteiger partial charge >= 0.3 is 0 Å². The summed E-state index contributed by atoms with van der Waals surface area (Å²) in [6, 6.07) is 3.79. The van der Waals surface area contributed by atoms with Gasteiger partial charge in [-0.25, -0.2) is 12.7 Å². The quantitative estimate of drug-likeness (QED) is 0.774. The molecule has 132 valence electrons. The average molecular weight is 351 g/mol. The van der Waals surface area contributed by atoms with Gasteiger partial charge in [0.2, 0.25) is 15.9 Å². The maximum atomic E-state index is 12.6. The summed E-state index contributed by atoms with van der Waals surface area (Å²) in [7, 11) is -1.72. The van der Waals surface area contributed by atoms with Crippen molar-refractivity contribution in [2.24, 2.45) is 5.92 Å². The lowest BCUT2D eigenvalue weighted by Crippen LogP contribution is -2.60. The first kappa shape index (κ1) is 17.4. The van der Waals surface area contributed by atoms with E-state index in [1.165, 1.54) is 4.31 Å². The van der Waals surface area contributed by atoms with Crippen LogP contribution in [0.3, 0.4) is 0 Å². The Labute approximate surface area is 143 Å². The second kappa shape index (κ2) is 7.19. The molecular formula is C17H25N3O3S. The van der Waals surface area contributed by atoms with Gasteiger partial charge in [-0.3, -0.25) is 9.78 Å². The molecule has 7 heteroatoms. The number of pyridine rings is 1. The van der Waals surface area contributed by atoms with Crippen molar-refractivity contribution < 1.29 is 13.2 Å². The molecule has 2 heterocycles. The van der Waals surface area contributed by atoms with Crippen LogP contribution >= 0.6 is 0 Å². The molecule has 24 heavy (non-hydrogen) atoms. The van der Waals surface area contributed by atoms with Crippen LogP contribution in [0.4, 0.5) is 0 Å². The smallest absolute Gasteiger partial charge is 0.225 e.